The Labute approximate surface area is 182 Å². The number of halogens is 2. The van der Waals surface area contributed by atoms with E-state index in [1.165, 1.54) is 28.0 Å². The van der Waals surface area contributed by atoms with Gasteiger partial charge < -0.3 is 10.2 Å². The minimum atomic E-state index is -1.26. The lowest BCUT2D eigenvalue weighted by Crippen LogP contribution is -2.60. The SMILES string of the molecule is O=C1NC2(CC[C@@H]3C[C@@H]32)N2C(=O)C(=O)C3C(=O)N(Cc4ccc(F)c(Cl)c4)CCC3=C12. The maximum atomic E-state index is 13.4. The fourth-order valence-corrected chi connectivity index (χ4v) is 6.18. The Morgan fingerprint density at radius 3 is 2.71 bits per heavy atom. The summed E-state index contributed by atoms with van der Waals surface area (Å²) < 4.78 is 13.4. The van der Waals surface area contributed by atoms with Crippen LogP contribution in [0.5, 0.6) is 0 Å². The number of benzene rings is 1. The van der Waals surface area contributed by atoms with Crippen LogP contribution in [0.15, 0.2) is 29.5 Å². The molecule has 2 saturated carbocycles. The number of carbonyl (C=O) groups is 4. The fourth-order valence-electron chi connectivity index (χ4n) is 5.98. The molecule has 3 aliphatic heterocycles. The number of nitrogens with zero attached hydrogens (tertiary/aromatic N) is 2. The third kappa shape index (κ3) is 2.45. The highest BCUT2D eigenvalue weighted by Crippen LogP contribution is 2.61. The van der Waals surface area contributed by atoms with E-state index in [2.05, 4.69) is 5.32 Å². The van der Waals surface area contributed by atoms with Crippen molar-refractivity contribution in [1.29, 1.82) is 0 Å². The number of fused-ring (bicyclic) bond motifs is 5. The number of likely N-dealkylation sites (tertiary alicyclic amines) is 1. The van der Waals surface area contributed by atoms with Gasteiger partial charge in [0.15, 0.2) is 0 Å². The van der Waals surface area contributed by atoms with Crippen LogP contribution in [0, 0.1) is 23.6 Å². The molecule has 1 N–H and O–H groups in total. The van der Waals surface area contributed by atoms with Crippen molar-refractivity contribution in [3.05, 3.63) is 45.9 Å². The van der Waals surface area contributed by atoms with Gasteiger partial charge in [0.1, 0.15) is 23.1 Å². The number of ketones is 1. The lowest BCUT2D eigenvalue weighted by molar-refractivity contribution is -0.155. The number of nitrogens with one attached hydrogen (secondary N) is 1. The highest BCUT2D eigenvalue weighted by Gasteiger charge is 2.69. The number of hydrogen-bond donors (Lipinski definition) is 1. The van der Waals surface area contributed by atoms with E-state index in [1.54, 1.807) is 0 Å². The van der Waals surface area contributed by atoms with E-state index in [9.17, 15) is 23.6 Å². The number of Topliss-reactive ketones (excluding diaryl/α,β-unsaturated/α-hetero) is 1. The zero-order chi connectivity index (χ0) is 21.7. The number of piperidine rings is 1. The first-order valence-electron chi connectivity index (χ1n) is 10.5. The molecule has 2 unspecified atom stereocenters. The molecule has 160 valence electrons. The van der Waals surface area contributed by atoms with E-state index < -0.39 is 35.0 Å². The van der Waals surface area contributed by atoms with Crippen molar-refractivity contribution in [2.45, 2.75) is 37.9 Å². The van der Waals surface area contributed by atoms with Gasteiger partial charge in [-0.05, 0) is 54.9 Å². The van der Waals surface area contributed by atoms with Gasteiger partial charge in [0, 0.05) is 19.0 Å². The summed E-state index contributed by atoms with van der Waals surface area (Å²) in [5.41, 5.74) is 0.476. The van der Waals surface area contributed by atoms with Crippen LogP contribution < -0.4 is 5.32 Å². The molecule has 2 saturated heterocycles. The third-order valence-corrected chi connectivity index (χ3v) is 7.79. The molecule has 0 radical (unpaired) electrons. The highest BCUT2D eigenvalue weighted by atomic mass is 35.5. The van der Waals surface area contributed by atoms with Crippen LogP contribution in [0.3, 0.4) is 0 Å². The average Bonchev–Trinajstić information content (AvgIpc) is 3.37. The first kappa shape index (κ1) is 19.0. The van der Waals surface area contributed by atoms with Gasteiger partial charge in [-0.2, -0.15) is 0 Å². The van der Waals surface area contributed by atoms with Gasteiger partial charge in [0.05, 0.1) is 5.02 Å². The molecule has 3 heterocycles. The molecule has 7 nitrogen and oxygen atoms in total. The van der Waals surface area contributed by atoms with Gasteiger partial charge >= 0.3 is 0 Å². The Balaban J connectivity index is 1.35. The van der Waals surface area contributed by atoms with Crippen LogP contribution in [0.25, 0.3) is 0 Å². The zero-order valence-corrected chi connectivity index (χ0v) is 17.2. The summed E-state index contributed by atoms with van der Waals surface area (Å²) in [5, 5.41) is 2.96. The topological polar surface area (TPSA) is 86.8 Å². The minimum Gasteiger partial charge on any atom is -0.337 e. The summed E-state index contributed by atoms with van der Waals surface area (Å²) in [7, 11) is 0. The Hall–Kier alpha value is -2.74. The minimum absolute atomic E-state index is 0.0489. The van der Waals surface area contributed by atoms with Crippen LogP contribution in [0.1, 0.15) is 31.2 Å². The number of rotatable bonds is 2. The van der Waals surface area contributed by atoms with Crippen molar-refractivity contribution in [3.63, 3.8) is 0 Å². The molecule has 0 aromatic heterocycles. The molecule has 9 heteroatoms. The number of hydrogen-bond acceptors (Lipinski definition) is 4. The normalized spacial score (nSPS) is 33.7. The predicted octanol–water partition coefficient (Wildman–Crippen LogP) is 1.75. The molecule has 31 heavy (non-hydrogen) atoms. The Bertz CT molecular complexity index is 1130. The summed E-state index contributed by atoms with van der Waals surface area (Å²) >= 11 is 5.84. The molecule has 0 bridgehead atoms. The molecule has 6 rings (SSSR count). The van der Waals surface area contributed by atoms with Crippen molar-refractivity contribution in [1.82, 2.24) is 15.1 Å². The smallest absolute Gasteiger partial charge is 0.297 e. The van der Waals surface area contributed by atoms with Crippen LogP contribution in [0.4, 0.5) is 4.39 Å². The summed E-state index contributed by atoms with van der Waals surface area (Å²) in [6.45, 7) is 0.438. The van der Waals surface area contributed by atoms with Crippen LogP contribution >= 0.6 is 11.6 Å². The maximum Gasteiger partial charge on any atom is 0.297 e. The summed E-state index contributed by atoms with van der Waals surface area (Å²) in [6.07, 6.45) is 2.83. The van der Waals surface area contributed by atoms with Crippen LogP contribution in [-0.2, 0) is 25.7 Å². The second-order valence-electron chi connectivity index (χ2n) is 9.09. The van der Waals surface area contributed by atoms with E-state index in [1.807, 2.05) is 0 Å². The summed E-state index contributed by atoms with van der Waals surface area (Å²) in [4.78, 5) is 55.3. The van der Waals surface area contributed by atoms with Gasteiger partial charge in [-0.25, -0.2) is 4.39 Å². The zero-order valence-electron chi connectivity index (χ0n) is 16.5. The first-order valence-corrected chi connectivity index (χ1v) is 10.9. The molecular weight excluding hydrogens is 425 g/mol. The third-order valence-electron chi connectivity index (χ3n) is 7.50. The molecule has 1 aromatic carbocycles. The summed E-state index contributed by atoms with van der Waals surface area (Å²) in [6, 6.07) is 4.19. The second-order valence-corrected chi connectivity index (χ2v) is 9.50. The van der Waals surface area contributed by atoms with Crippen molar-refractivity contribution in [2.24, 2.45) is 17.8 Å². The number of amides is 3. The van der Waals surface area contributed by atoms with Crippen molar-refractivity contribution < 1.29 is 23.6 Å². The monoisotopic (exact) mass is 443 g/mol. The molecule has 1 aromatic rings. The fraction of sp³-hybridized carbons (Fsp3) is 0.455. The Morgan fingerprint density at radius 2 is 2.03 bits per heavy atom. The molecule has 3 amide bonds. The van der Waals surface area contributed by atoms with Crippen molar-refractivity contribution in [2.75, 3.05) is 6.54 Å². The highest BCUT2D eigenvalue weighted by molar-refractivity contribution is 6.44. The van der Waals surface area contributed by atoms with Gasteiger partial charge in [0.2, 0.25) is 11.7 Å². The van der Waals surface area contributed by atoms with E-state index in [0.717, 1.165) is 12.8 Å². The molecule has 4 fully saturated rings. The first-order chi connectivity index (χ1) is 14.8. The van der Waals surface area contributed by atoms with Gasteiger partial charge in [-0.1, -0.05) is 17.7 Å². The van der Waals surface area contributed by atoms with Gasteiger partial charge in [-0.15, -0.1) is 0 Å². The largest absolute Gasteiger partial charge is 0.337 e. The molecule has 2 aliphatic carbocycles. The van der Waals surface area contributed by atoms with Gasteiger partial charge in [-0.3, -0.25) is 24.1 Å². The summed E-state index contributed by atoms with van der Waals surface area (Å²) in [5.74, 6) is -3.56. The van der Waals surface area contributed by atoms with Crippen LogP contribution in [0.2, 0.25) is 5.02 Å². The van der Waals surface area contributed by atoms with Gasteiger partial charge in [0.25, 0.3) is 11.8 Å². The van der Waals surface area contributed by atoms with Crippen LogP contribution in [-0.4, -0.2) is 45.5 Å². The standard InChI is InChI=1S/C22H19ClFN3O4/c23-14-7-10(1-2-15(14)24)9-26-6-4-12-16(20(26)30)18(28)21(31)27-17(12)19(29)25-22(27)5-3-11-8-13(11)22/h1-2,7,11,13,16H,3-6,8-9H2,(H,25,29)/t11-,13+,16?,22?/m1/s1. The molecular formula is C22H19ClFN3O4. The quantitative estimate of drug-likeness (QED) is 0.557. The van der Waals surface area contributed by atoms with Crippen molar-refractivity contribution in [3.8, 4) is 0 Å². The predicted molar refractivity (Wildman–Crippen MR) is 106 cm³/mol. The molecule has 5 aliphatic rings. The molecule has 4 atom stereocenters. The second kappa shape index (κ2) is 6.16. The van der Waals surface area contributed by atoms with E-state index in [0.29, 0.717) is 36.4 Å². The average molecular weight is 444 g/mol. The van der Waals surface area contributed by atoms with E-state index in [-0.39, 0.29) is 29.1 Å². The van der Waals surface area contributed by atoms with E-state index in [4.69, 9.17) is 11.6 Å². The lowest BCUT2D eigenvalue weighted by atomic mass is 9.81. The van der Waals surface area contributed by atoms with E-state index >= 15 is 0 Å². The Morgan fingerprint density at radius 1 is 1.23 bits per heavy atom. The lowest BCUT2D eigenvalue weighted by Gasteiger charge is -2.42. The number of carbonyl (C=O) groups excluding carboxylic acids is 4. The Kier molecular flexibility index (Phi) is 3.77. The van der Waals surface area contributed by atoms with Crippen molar-refractivity contribution >= 4 is 35.1 Å². The molecule has 1 spiro atoms. The maximum absolute atomic E-state index is 13.4.